The van der Waals surface area contributed by atoms with Crippen molar-refractivity contribution in [2.45, 2.75) is 13.2 Å². The molecule has 1 aromatic carbocycles. The monoisotopic (exact) mass is 253 g/mol. The number of hydrogen-bond donors (Lipinski definition) is 1. The fraction of sp³-hybridized carbons (Fsp3) is 0.300. The first-order valence-corrected chi connectivity index (χ1v) is 5.41. The Hall–Kier alpha value is -1.66. The van der Waals surface area contributed by atoms with Crippen molar-refractivity contribution in [2.75, 3.05) is 0 Å². The van der Waals surface area contributed by atoms with Crippen molar-refractivity contribution in [3.63, 3.8) is 0 Å². The van der Waals surface area contributed by atoms with Gasteiger partial charge in [0.1, 0.15) is 5.75 Å². The Kier molecular flexibility index (Phi) is 3.55. The van der Waals surface area contributed by atoms with Gasteiger partial charge in [-0.1, -0.05) is 17.7 Å². The number of benzene rings is 1. The molecule has 90 valence electrons. The Bertz CT molecular complexity index is 513. The number of halogens is 1. The van der Waals surface area contributed by atoms with Gasteiger partial charge in [-0.2, -0.15) is 4.80 Å². The van der Waals surface area contributed by atoms with E-state index in [-0.39, 0.29) is 6.61 Å². The summed E-state index contributed by atoms with van der Waals surface area (Å²) >= 11 is 5.89. The summed E-state index contributed by atoms with van der Waals surface area (Å²) < 4.78 is 5.57. The van der Waals surface area contributed by atoms with Gasteiger partial charge < -0.3 is 10.5 Å². The summed E-state index contributed by atoms with van der Waals surface area (Å²) in [7, 11) is 1.70. The maximum absolute atomic E-state index is 5.89. The molecule has 2 rings (SSSR count). The van der Waals surface area contributed by atoms with E-state index in [4.69, 9.17) is 22.1 Å². The fourth-order valence-corrected chi connectivity index (χ4v) is 1.52. The van der Waals surface area contributed by atoms with Gasteiger partial charge in [-0.15, -0.1) is 10.2 Å². The molecule has 0 spiro atoms. The summed E-state index contributed by atoms with van der Waals surface area (Å²) in [5.74, 6) is 1.16. The Labute approximate surface area is 103 Å². The number of aryl methyl sites for hydroxylation is 1. The summed E-state index contributed by atoms with van der Waals surface area (Å²) in [5.41, 5.74) is 6.49. The van der Waals surface area contributed by atoms with Crippen LogP contribution in [0.15, 0.2) is 18.2 Å². The Morgan fingerprint density at radius 2 is 2.29 bits per heavy atom. The van der Waals surface area contributed by atoms with Crippen LogP contribution in [0.1, 0.15) is 11.4 Å². The average molecular weight is 254 g/mol. The number of nitrogens with zero attached hydrogens (tertiary/aromatic N) is 4. The van der Waals surface area contributed by atoms with Crippen molar-refractivity contribution < 1.29 is 4.74 Å². The molecule has 0 saturated heterocycles. The van der Waals surface area contributed by atoms with Crippen molar-refractivity contribution in [1.29, 1.82) is 0 Å². The summed E-state index contributed by atoms with van der Waals surface area (Å²) in [6.07, 6.45) is 0. The molecule has 1 aromatic heterocycles. The van der Waals surface area contributed by atoms with E-state index in [0.717, 1.165) is 5.56 Å². The predicted octanol–water partition coefficient (Wildman–Crippen LogP) is 0.901. The highest BCUT2D eigenvalue weighted by molar-refractivity contribution is 6.30. The minimum absolute atomic E-state index is 0.237. The highest BCUT2D eigenvalue weighted by Crippen LogP contribution is 2.23. The third-order valence-electron chi connectivity index (χ3n) is 2.16. The average Bonchev–Trinajstić information content (AvgIpc) is 2.73. The van der Waals surface area contributed by atoms with E-state index in [1.807, 2.05) is 6.07 Å². The van der Waals surface area contributed by atoms with Crippen molar-refractivity contribution in [1.82, 2.24) is 20.2 Å². The Morgan fingerprint density at radius 1 is 1.47 bits per heavy atom. The van der Waals surface area contributed by atoms with Crippen LogP contribution in [0, 0.1) is 0 Å². The third kappa shape index (κ3) is 2.92. The first-order valence-electron chi connectivity index (χ1n) is 5.03. The molecule has 0 atom stereocenters. The van der Waals surface area contributed by atoms with Gasteiger partial charge in [-0.05, 0) is 17.3 Å². The maximum Gasteiger partial charge on any atom is 0.212 e. The van der Waals surface area contributed by atoms with Crippen molar-refractivity contribution in [3.8, 4) is 5.75 Å². The van der Waals surface area contributed by atoms with Crippen molar-refractivity contribution in [2.24, 2.45) is 12.8 Å². The molecular formula is C10H12ClN5O. The van der Waals surface area contributed by atoms with Gasteiger partial charge in [-0.3, -0.25) is 0 Å². The predicted molar refractivity (Wildman–Crippen MR) is 62.5 cm³/mol. The molecule has 0 bridgehead atoms. The molecule has 1 heterocycles. The van der Waals surface area contributed by atoms with Crippen LogP contribution < -0.4 is 10.5 Å². The molecule has 2 aromatic rings. The molecule has 17 heavy (non-hydrogen) atoms. The highest BCUT2D eigenvalue weighted by Gasteiger charge is 2.06. The second kappa shape index (κ2) is 5.11. The molecule has 0 unspecified atom stereocenters. The number of rotatable bonds is 4. The van der Waals surface area contributed by atoms with Crippen LogP contribution in [0.4, 0.5) is 0 Å². The number of tetrazole rings is 1. The van der Waals surface area contributed by atoms with Gasteiger partial charge in [0.05, 0.1) is 7.05 Å². The zero-order valence-corrected chi connectivity index (χ0v) is 10.1. The molecular weight excluding hydrogens is 242 g/mol. The van der Waals surface area contributed by atoms with E-state index in [0.29, 0.717) is 23.1 Å². The molecule has 6 nitrogen and oxygen atoms in total. The molecule has 7 heteroatoms. The van der Waals surface area contributed by atoms with Gasteiger partial charge in [0.25, 0.3) is 0 Å². The normalized spacial score (nSPS) is 10.5. The lowest BCUT2D eigenvalue weighted by Crippen LogP contribution is -2.04. The van der Waals surface area contributed by atoms with Crippen LogP contribution in [-0.2, 0) is 20.2 Å². The lowest BCUT2D eigenvalue weighted by Gasteiger charge is -2.08. The summed E-state index contributed by atoms with van der Waals surface area (Å²) in [5, 5.41) is 12.1. The van der Waals surface area contributed by atoms with E-state index in [9.17, 15) is 0 Å². The zero-order valence-electron chi connectivity index (χ0n) is 9.30. The lowest BCUT2D eigenvalue weighted by atomic mass is 10.2. The molecule has 0 radical (unpaired) electrons. The summed E-state index contributed by atoms with van der Waals surface area (Å²) in [6.45, 7) is 0.627. The van der Waals surface area contributed by atoms with E-state index < -0.39 is 0 Å². The van der Waals surface area contributed by atoms with Gasteiger partial charge in [0.15, 0.2) is 6.61 Å². The van der Waals surface area contributed by atoms with Crippen molar-refractivity contribution >= 4 is 11.6 Å². The van der Waals surface area contributed by atoms with Gasteiger partial charge in [0.2, 0.25) is 5.82 Å². The smallest absolute Gasteiger partial charge is 0.212 e. The standard InChI is InChI=1S/C10H12ClN5O/c1-16-14-10(13-15-16)6-17-9-4-8(11)3-2-7(9)5-12/h2-4H,5-6,12H2,1H3. The van der Waals surface area contributed by atoms with E-state index in [1.54, 1.807) is 19.2 Å². The molecule has 0 aliphatic heterocycles. The second-order valence-electron chi connectivity index (χ2n) is 3.44. The molecule has 0 saturated carbocycles. The second-order valence-corrected chi connectivity index (χ2v) is 3.88. The first-order chi connectivity index (χ1) is 8.19. The molecule has 0 aliphatic rings. The summed E-state index contributed by atoms with van der Waals surface area (Å²) in [6, 6.07) is 5.33. The van der Waals surface area contributed by atoms with Crippen LogP contribution in [0.5, 0.6) is 5.75 Å². The quantitative estimate of drug-likeness (QED) is 0.876. The molecule has 0 aliphatic carbocycles. The highest BCUT2D eigenvalue weighted by atomic mass is 35.5. The number of ether oxygens (including phenoxy) is 1. The first kappa shape index (κ1) is 11.8. The lowest BCUT2D eigenvalue weighted by molar-refractivity contribution is 0.292. The van der Waals surface area contributed by atoms with Gasteiger partial charge in [-0.25, -0.2) is 0 Å². The fourth-order valence-electron chi connectivity index (χ4n) is 1.35. The van der Waals surface area contributed by atoms with Crippen LogP contribution in [-0.4, -0.2) is 20.2 Å². The number of nitrogens with two attached hydrogens (primary N) is 1. The zero-order chi connectivity index (χ0) is 12.3. The van der Waals surface area contributed by atoms with Gasteiger partial charge >= 0.3 is 0 Å². The van der Waals surface area contributed by atoms with Crippen LogP contribution in [0.3, 0.4) is 0 Å². The largest absolute Gasteiger partial charge is 0.485 e. The maximum atomic E-state index is 5.89. The number of hydrogen-bond acceptors (Lipinski definition) is 5. The van der Waals surface area contributed by atoms with Crippen LogP contribution in [0.25, 0.3) is 0 Å². The van der Waals surface area contributed by atoms with Crippen LogP contribution in [0.2, 0.25) is 5.02 Å². The van der Waals surface area contributed by atoms with E-state index >= 15 is 0 Å². The van der Waals surface area contributed by atoms with Crippen molar-refractivity contribution in [3.05, 3.63) is 34.6 Å². The molecule has 0 fully saturated rings. The SMILES string of the molecule is Cn1nnc(COc2cc(Cl)ccc2CN)n1. The topological polar surface area (TPSA) is 78.8 Å². The minimum Gasteiger partial charge on any atom is -0.485 e. The minimum atomic E-state index is 0.237. The number of aromatic nitrogens is 4. The van der Waals surface area contributed by atoms with E-state index in [1.165, 1.54) is 4.80 Å². The van der Waals surface area contributed by atoms with E-state index in [2.05, 4.69) is 15.4 Å². The third-order valence-corrected chi connectivity index (χ3v) is 2.39. The Morgan fingerprint density at radius 3 is 2.94 bits per heavy atom. The Balaban J connectivity index is 2.10. The molecule has 0 amide bonds. The van der Waals surface area contributed by atoms with Gasteiger partial charge in [0, 0.05) is 17.1 Å². The van der Waals surface area contributed by atoms with Crippen LogP contribution >= 0.6 is 11.6 Å². The summed E-state index contributed by atoms with van der Waals surface area (Å²) in [4.78, 5) is 1.38. The molecule has 2 N–H and O–H groups in total.